The van der Waals surface area contributed by atoms with Crippen molar-refractivity contribution in [1.29, 1.82) is 5.26 Å². The molecule has 0 amide bonds. The minimum absolute atomic E-state index is 0.349. The molecule has 0 aliphatic rings. The van der Waals surface area contributed by atoms with Crippen LogP contribution in [0.2, 0.25) is 0 Å². The van der Waals surface area contributed by atoms with Gasteiger partial charge in [0.05, 0.1) is 0 Å². The molecule has 1 rings (SSSR count). The molecule has 56 valence electrons. The maximum Gasteiger partial charge on any atom is 0.163 e. The molecule has 0 bridgehead atoms. The Balaban J connectivity index is 3.12. The normalized spacial score (nSPS) is 8.82. The van der Waals surface area contributed by atoms with Gasteiger partial charge in [-0.2, -0.15) is 5.26 Å². The van der Waals surface area contributed by atoms with E-state index in [9.17, 15) is 0 Å². The summed E-state index contributed by atoms with van der Waals surface area (Å²) in [5.74, 6) is 0.712. The van der Waals surface area contributed by atoms with Crippen molar-refractivity contribution in [1.82, 2.24) is 10.2 Å². The van der Waals surface area contributed by atoms with Crippen LogP contribution in [0.4, 0.5) is 5.82 Å². The van der Waals surface area contributed by atoms with Crippen LogP contribution in [0.25, 0.3) is 0 Å². The van der Waals surface area contributed by atoms with Crippen LogP contribution in [-0.2, 0) is 0 Å². The first-order chi connectivity index (χ1) is 5.27. The largest absolute Gasteiger partial charge is 0.371 e. The first kappa shape index (κ1) is 7.48. The Hall–Kier alpha value is -1.63. The summed E-state index contributed by atoms with van der Waals surface area (Å²) in [6.45, 7) is 1.88. The predicted octanol–water partition coefficient (Wildman–Crippen LogP) is 0.698. The molecule has 0 atom stereocenters. The summed E-state index contributed by atoms with van der Waals surface area (Å²) >= 11 is 0. The summed E-state index contributed by atoms with van der Waals surface area (Å²) in [4.78, 5) is 0. The molecule has 1 aromatic heterocycles. The van der Waals surface area contributed by atoms with Crippen molar-refractivity contribution in [2.24, 2.45) is 0 Å². The average Bonchev–Trinajstić information content (AvgIpc) is 2.04. The molecule has 0 spiro atoms. The van der Waals surface area contributed by atoms with Crippen LogP contribution in [0, 0.1) is 18.3 Å². The number of nitrogens with zero attached hydrogens (tertiary/aromatic N) is 3. The van der Waals surface area contributed by atoms with Gasteiger partial charge >= 0.3 is 0 Å². The maximum absolute atomic E-state index is 8.45. The van der Waals surface area contributed by atoms with E-state index in [-0.39, 0.29) is 0 Å². The zero-order valence-corrected chi connectivity index (χ0v) is 6.42. The van der Waals surface area contributed by atoms with Crippen molar-refractivity contribution in [3.8, 4) is 6.07 Å². The summed E-state index contributed by atoms with van der Waals surface area (Å²) < 4.78 is 0. The highest BCUT2D eigenvalue weighted by molar-refractivity contribution is 5.43. The lowest BCUT2D eigenvalue weighted by Crippen LogP contribution is -1.98. The number of rotatable bonds is 1. The van der Waals surface area contributed by atoms with Crippen LogP contribution in [-0.4, -0.2) is 17.2 Å². The monoisotopic (exact) mass is 148 g/mol. The molecular formula is C7H8N4. The van der Waals surface area contributed by atoms with Crippen LogP contribution in [0.5, 0.6) is 0 Å². The second-order valence-electron chi connectivity index (χ2n) is 2.12. The second-order valence-corrected chi connectivity index (χ2v) is 2.12. The number of nitriles is 1. The second kappa shape index (κ2) is 2.97. The molecule has 0 unspecified atom stereocenters. The van der Waals surface area contributed by atoms with E-state index in [1.54, 1.807) is 13.1 Å². The van der Waals surface area contributed by atoms with Gasteiger partial charge < -0.3 is 5.32 Å². The van der Waals surface area contributed by atoms with Crippen LogP contribution in [0.3, 0.4) is 0 Å². The van der Waals surface area contributed by atoms with Gasteiger partial charge in [-0.25, -0.2) is 0 Å². The Morgan fingerprint density at radius 1 is 1.55 bits per heavy atom. The summed E-state index contributed by atoms with van der Waals surface area (Å²) in [6.07, 6.45) is 0. The Bertz CT molecular complexity index is 300. The predicted molar refractivity (Wildman–Crippen MR) is 41.0 cm³/mol. The van der Waals surface area contributed by atoms with E-state index in [4.69, 9.17) is 5.26 Å². The lowest BCUT2D eigenvalue weighted by Gasteiger charge is -2.00. The number of anilines is 1. The molecule has 0 radical (unpaired) electrons. The third-order valence-corrected chi connectivity index (χ3v) is 1.34. The molecule has 0 aromatic carbocycles. The molecule has 1 heterocycles. The average molecular weight is 148 g/mol. The maximum atomic E-state index is 8.45. The fourth-order valence-corrected chi connectivity index (χ4v) is 0.787. The van der Waals surface area contributed by atoms with Crippen molar-refractivity contribution in [2.45, 2.75) is 6.92 Å². The van der Waals surface area contributed by atoms with E-state index in [0.29, 0.717) is 11.5 Å². The van der Waals surface area contributed by atoms with E-state index in [1.807, 2.05) is 13.0 Å². The molecule has 0 aliphatic heterocycles. The van der Waals surface area contributed by atoms with E-state index in [0.717, 1.165) is 5.56 Å². The van der Waals surface area contributed by atoms with Gasteiger partial charge in [0.1, 0.15) is 6.07 Å². The smallest absolute Gasteiger partial charge is 0.163 e. The minimum atomic E-state index is 0.349. The first-order valence-electron chi connectivity index (χ1n) is 3.20. The van der Waals surface area contributed by atoms with E-state index < -0.39 is 0 Å². The van der Waals surface area contributed by atoms with Crippen molar-refractivity contribution < 1.29 is 0 Å². The number of hydrogen-bond donors (Lipinski definition) is 1. The molecule has 4 nitrogen and oxygen atoms in total. The molecule has 0 aliphatic carbocycles. The SMILES string of the molecule is CNc1nnc(C#N)cc1C. The molecule has 0 fully saturated rings. The molecular weight excluding hydrogens is 140 g/mol. The third-order valence-electron chi connectivity index (χ3n) is 1.34. The summed E-state index contributed by atoms with van der Waals surface area (Å²) in [5, 5.41) is 18.8. The first-order valence-corrected chi connectivity index (χ1v) is 3.20. The van der Waals surface area contributed by atoms with Crippen LogP contribution < -0.4 is 5.32 Å². The third kappa shape index (κ3) is 1.44. The Labute approximate surface area is 64.9 Å². The quantitative estimate of drug-likeness (QED) is 0.636. The van der Waals surface area contributed by atoms with Gasteiger partial charge in [0.25, 0.3) is 0 Å². The highest BCUT2D eigenvalue weighted by Gasteiger charge is 1.99. The van der Waals surface area contributed by atoms with Crippen LogP contribution >= 0.6 is 0 Å². The lowest BCUT2D eigenvalue weighted by atomic mass is 10.3. The highest BCUT2D eigenvalue weighted by atomic mass is 15.2. The van der Waals surface area contributed by atoms with E-state index in [2.05, 4.69) is 15.5 Å². The molecule has 0 saturated carbocycles. The number of nitrogens with one attached hydrogen (secondary N) is 1. The zero-order valence-electron chi connectivity index (χ0n) is 6.42. The molecule has 4 heteroatoms. The van der Waals surface area contributed by atoms with Crippen molar-refractivity contribution in [3.63, 3.8) is 0 Å². The molecule has 0 saturated heterocycles. The standard InChI is InChI=1S/C7H8N4/c1-5-3-6(4-8)10-11-7(5)9-2/h3H,1-2H3,(H,9,11). The van der Waals surface area contributed by atoms with Gasteiger partial charge in [-0.1, -0.05) is 0 Å². The number of hydrogen-bond acceptors (Lipinski definition) is 4. The number of aryl methyl sites for hydroxylation is 1. The van der Waals surface area contributed by atoms with Crippen molar-refractivity contribution >= 4 is 5.82 Å². The summed E-state index contributed by atoms with van der Waals surface area (Å²) in [6, 6.07) is 3.61. The van der Waals surface area contributed by atoms with Crippen molar-refractivity contribution in [2.75, 3.05) is 12.4 Å². The van der Waals surface area contributed by atoms with Crippen LogP contribution in [0.15, 0.2) is 6.07 Å². The van der Waals surface area contributed by atoms with Gasteiger partial charge in [0.2, 0.25) is 0 Å². The van der Waals surface area contributed by atoms with Gasteiger partial charge in [0, 0.05) is 7.05 Å². The Morgan fingerprint density at radius 3 is 2.73 bits per heavy atom. The number of aromatic nitrogens is 2. The topological polar surface area (TPSA) is 61.6 Å². The minimum Gasteiger partial charge on any atom is -0.371 e. The van der Waals surface area contributed by atoms with Gasteiger partial charge in [0.15, 0.2) is 11.5 Å². The lowest BCUT2D eigenvalue weighted by molar-refractivity contribution is 0.995. The Morgan fingerprint density at radius 2 is 2.27 bits per heavy atom. The Kier molecular flexibility index (Phi) is 2.02. The highest BCUT2D eigenvalue weighted by Crippen LogP contribution is 2.08. The van der Waals surface area contributed by atoms with Gasteiger partial charge in [-0.05, 0) is 18.6 Å². The summed E-state index contributed by atoms with van der Waals surface area (Å²) in [7, 11) is 1.77. The van der Waals surface area contributed by atoms with Crippen LogP contribution in [0.1, 0.15) is 11.3 Å². The van der Waals surface area contributed by atoms with Gasteiger partial charge in [-0.15, -0.1) is 10.2 Å². The molecule has 1 aromatic rings. The zero-order chi connectivity index (χ0) is 8.27. The van der Waals surface area contributed by atoms with E-state index in [1.165, 1.54) is 0 Å². The van der Waals surface area contributed by atoms with Gasteiger partial charge in [-0.3, -0.25) is 0 Å². The fraction of sp³-hybridized carbons (Fsp3) is 0.286. The summed E-state index contributed by atoms with van der Waals surface area (Å²) in [5.41, 5.74) is 1.28. The van der Waals surface area contributed by atoms with E-state index >= 15 is 0 Å². The molecule has 11 heavy (non-hydrogen) atoms. The van der Waals surface area contributed by atoms with Crippen molar-refractivity contribution in [3.05, 3.63) is 17.3 Å². The molecule has 1 N–H and O–H groups in total. The fourth-order valence-electron chi connectivity index (χ4n) is 0.787.